The Labute approximate surface area is 102 Å². The van der Waals surface area contributed by atoms with Gasteiger partial charge in [-0.15, -0.1) is 0 Å². The molecule has 0 aliphatic rings. The molecular formula is C15H18O2. The van der Waals surface area contributed by atoms with E-state index in [0.29, 0.717) is 0 Å². The van der Waals surface area contributed by atoms with Crippen molar-refractivity contribution in [2.24, 2.45) is 0 Å². The van der Waals surface area contributed by atoms with Crippen LogP contribution in [0.2, 0.25) is 0 Å². The second kappa shape index (κ2) is 5.09. The first-order valence-corrected chi connectivity index (χ1v) is 5.90. The second-order valence-corrected chi connectivity index (χ2v) is 4.54. The van der Waals surface area contributed by atoms with Crippen molar-refractivity contribution in [3.8, 4) is 0 Å². The summed E-state index contributed by atoms with van der Waals surface area (Å²) in [6.45, 7) is 6.23. The van der Waals surface area contributed by atoms with Gasteiger partial charge in [-0.05, 0) is 56.5 Å². The summed E-state index contributed by atoms with van der Waals surface area (Å²) in [6.07, 6.45) is 7.55. The molecule has 0 spiro atoms. The Morgan fingerprint density at radius 3 is 2.71 bits per heavy atom. The number of rotatable bonds is 4. The largest absolute Gasteiger partial charge is 0.469 e. The summed E-state index contributed by atoms with van der Waals surface area (Å²) in [4.78, 5) is 0. The molecule has 2 rings (SSSR count). The Morgan fingerprint density at radius 1 is 1.29 bits per heavy atom. The van der Waals surface area contributed by atoms with Gasteiger partial charge in [0.2, 0.25) is 0 Å². The zero-order valence-electron chi connectivity index (χ0n) is 10.6. The van der Waals surface area contributed by atoms with Crippen LogP contribution in [0.5, 0.6) is 0 Å². The molecule has 0 aliphatic heterocycles. The number of hydrogen-bond donors (Lipinski definition) is 0. The van der Waals surface area contributed by atoms with Crippen LogP contribution in [0.1, 0.15) is 36.0 Å². The van der Waals surface area contributed by atoms with E-state index in [9.17, 15) is 0 Å². The van der Waals surface area contributed by atoms with E-state index >= 15 is 0 Å². The van der Waals surface area contributed by atoms with Crippen LogP contribution in [0, 0.1) is 13.8 Å². The summed E-state index contributed by atoms with van der Waals surface area (Å²) in [7, 11) is 0. The zero-order chi connectivity index (χ0) is 12.3. The molecular weight excluding hydrogens is 212 g/mol. The molecule has 90 valence electrons. The van der Waals surface area contributed by atoms with Crippen molar-refractivity contribution in [3.63, 3.8) is 0 Å². The Kier molecular flexibility index (Phi) is 3.52. The lowest BCUT2D eigenvalue weighted by atomic mass is 10.1. The van der Waals surface area contributed by atoms with E-state index < -0.39 is 0 Å². The standard InChI is InChI=1S/C15H18O2/c1-11(8-14-9-12(2)10-17-14)4-5-15-13(3)6-7-16-15/h6-10H,4-5H2,1-3H3. The maximum atomic E-state index is 5.42. The highest BCUT2D eigenvalue weighted by atomic mass is 16.3. The Balaban J connectivity index is 1.95. The van der Waals surface area contributed by atoms with E-state index in [1.807, 2.05) is 19.1 Å². The lowest BCUT2D eigenvalue weighted by Gasteiger charge is -1.99. The van der Waals surface area contributed by atoms with Crippen LogP contribution in [0.4, 0.5) is 0 Å². The van der Waals surface area contributed by atoms with Gasteiger partial charge in [-0.3, -0.25) is 0 Å². The van der Waals surface area contributed by atoms with E-state index in [4.69, 9.17) is 8.83 Å². The van der Waals surface area contributed by atoms with E-state index in [1.165, 1.54) is 11.1 Å². The van der Waals surface area contributed by atoms with Crippen molar-refractivity contribution >= 4 is 6.08 Å². The fourth-order valence-electron chi connectivity index (χ4n) is 1.82. The minimum absolute atomic E-state index is 0.927. The third-order valence-corrected chi connectivity index (χ3v) is 2.85. The molecule has 2 heterocycles. The van der Waals surface area contributed by atoms with Gasteiger partial charge in [-0.25, -0.2) is 0 Å². The highest BCUT2D eigenvalue weighted by Gasteiger charge is 2.02. The first-order valence-electron chi connectivity index (χ1n) is 5.90. The fraction of sp³-hybridized carbons (Fsp3) is 0.333. The molecule has 2 aromatic rings. The van der Waals surface area contributed by atoms with Crippen molar-refractivity contribution in [3.05, 3.63) is 52.9 Å². The van der Waals surface area contributed by atoms with Crippen LogP contribution in [0.15, 0.2) is 39.1 Å². The van der Waals surface area contributed by atoms with Crippen LogP contribution in [-0.4, -0.2) is 0 Å². The minimum atomic E-state index is 0.927. The van der Waals surface area contributed by atoms with Gasteiger partial charge in [0, 0.05) is 6.42 Å². The first-order chi connectivity index (χ1) is 8.15. The molecule has 0 aliphatic carbocycles. The Morgan fingerprint density at radius 2 is 2.12 bits per heavy atom. The first kappa shape index (κ1) is 11.8. The van der Waals surface area contributed by atoms with Gasteiger partial charge >= 0.3 is 0 Å². The topological polar surface area (TPSA) is 26.3 Å². The molecule has 2 nitrogen and oxygen atoms in total. The minimum Gasteiger partial charge on any atom is -0.469 e. The van der Waals surface area contributed by atoms with Gasteiger partial charge in [-0.1, -0.05) is 5.57 Å². The maximum absolute atomic E-state index is 5.42. The molecule has 0 unspecified atom stereocenters. The third-order valence-electron chi connectivity index (χ3n) is 2.85. The lowest BCUT2D eigenvalue weighted by Crippen LogP contribution is -1.86. The number of hydrogen-bond acceptors (Lipinski definition) is 2. The summed E-state index contributed by atoms with van der Waals surface area (Å²) in [5, 5.41) is 0. The molecule has 0 fully saturated rings. The molecule has 0 saturated carbocycles. The third kappa shape index (κ3) is 3.13. The maximum Gasteiger partial charge on any atom is 0.126 e. The number of allylic oxidation sites excluding steroid dienone is 1. The summed E-state index contributed by atoms with van der Waals surface area (Å²) >= 11 is 0. The molecule has 0 radical (unpaired) electrons. The van der Waals surface area contributed by atoms with E-state index in [2.05, 4.69) is 19.9 Å². The highest BCUT2D eigenvalue weighted by Crippen LogP contribution is 2.17. The van der Waals surface area contributed by atoms with Gasteiger partial charge < -0.3 is 8.83 Å². The van der Waals surface area contributed by atoms with E-state index in [-0.39, 0.29) is 0 Å². The van der Waals surface area contributed by atoms with Gasteiger partial charge in [0.15, 0.2) is 0 Å². The van der Waals surface area contributed by atoms with Gasteiger partial charge in [0.25, 0.3) is 0 Å². The lowest BCUT2D eigenvalue weighted by molar-refractivity contribution is 0.505. The molecule has 2 aromatic heterocycles. The second-order valence-electron chi connectivity index (χ2n) is 4.54. The van der Waals surface area contributed by atoms with Crippen molar-refractivity contribution in [1.29, 1.82) is 0 Å². The van der Waals surface area contributed by atoms with Crippen molar-refractivity contribution in [1.82, 2.24) is 0 Å². The van der Waals surface area contributed by atoms with Gasteiger partial charge in [0.05, 0.1) is 12.5 Å². The molecule has 0 aromatic carbocycles. The molecule has 17 heavy (non-hydrogen) atoms. The number of aryl methyl sites for hydroxylation is 3. The predicted octanol–water partition coefficient (Wildman–Crippen LogP) is 4.53. The normalized spacial score (nSPS) is 12.1. The van der Waals surface area contributed by atoms with E-state index in [1.54, 1.807) is 12.5 Å². The van der Waals surface area contributed by atoms with Gasteiger partial charge in [-0.2, -0.15) is 0 Å². The average Bonchev–Trinajstić information content (AvgIpc) is 2.85. The summed E-state index contributed by atoms with van der Waals surface area (Å²) in [5.41, 5.74) is 3.69. The average molecular weight is 230 g/mol. The highest BCUT2D eigenvalue weighted by molar-refractivity contribution is 5.47. The monoisotopic (exact) mass is 230 g/mol. The summed E-state index contributed by atoms with van der Waals surface area (Å²) in [5.74, 6) is 2.00. The number of furan rings is 2. The molecule has 0 saturated heterocycles. The molecule has 0 amide bonds. The molecule has 0 N–H and O–H groups in total. The van der Waals surface area contributed by atoms with Crippen LogP contribution < -0.4 is 0 Å². The van der Waals surface area contributed by atoms with Crippen LogP contribution >= 0.6 is 0 Å². The van der Waals surface area contributed by atoms with Gasteiger partial charge in [0.1, 0.15) is 11.5 Å². The summed E-state index contributed by atoms with van der Waals surface area (Å²) in [6, 6.07) is 4.05. The van der Waals surface area contributed by atoms with Crippen molar-refractivity contribution in [2.45, 2.75) is 33.6 Å². The molecule has 2 heteroatoms. The van der Waals surface area contributed by atoms with Crippen molar-refractivity contribution < 1.29 is 8.83 Å². The summed E-state index contributed by atoms with van der Waals surface area (Å²) < 4.78 is 10.8. The van der Waals surface area contributed by atoms with E-state index in [0.717, 1.165) is 29.9 Å². The van der Waals surface area contributed by atoms with Crippen LogP contribution in [0.3, 0.4) is 0 Å². The zero-order valence-corrected chi connectivity index (χ0v) is 10.6. The smallest absolute Gasteiger partial charge is 0.126 e. The predicted molar refractivity (Wildman–Crippen MR) is 68.9 cm³/mol. The quantitative estimate of drug-likeness (QED) is 0.771. The molecule has 0 atom stereocenters. The Bertz CT molecular complexity index is 515. The van der Waals surface area contributed by atoms with Crippen molar-refractivity contribution in [2.75, 3.05) is 0 Å². The Hall–Kier alpha value is -1.70. The fourth-order valence-corrected chi connectivity index (χ4v) is 1.82. The molecule has 0 bridgehead atoms. The van der Waals surface area contributed by atoms with Crippen LogP contribution in [-0.2, 0) is 6.42 Å². The van der Waals surface area contributed by atoms with Crippen LogP contribution in [0.25, 0.3) is 6.08 Å². The SMILES string of the molecule is CC(=Cc1cc(C)co1)CCc1occc1C.